The van der Waals surface area contributed by atoms with Crippen LogP contribution in [0.5, 0.6) is 0 Å². The molecule has 1 aromatic heterocycles. The van der Waals surface area contributed by atoms with Crippen LogP contribution in [0.3, 0.4) is 0 Å². The van der Waals surface area contributed by atoms with Gasteiger partial charge in [-0.3, -0.25) is 0 Å². The standard InChI is InChI=1S/C14H17BFN3O3/c1-13(2)14(3,4)22-15(21-13)8-5-6-9(10(16)7-8)11-18-12(17)20-19-11/h5-7H,1-4H3,(H2,17,18,19). The van der Waals surface area contributed by atoms with E-state index in [0.29, 0.717) is 5.46 Å². The third kappa shape index (κ3) is 2.38. The average molecular weight is 305 g/mol. The van der Waals surface area contributed by atoms with Crippen LogP contribution in [-0.2, 0) is 9.31 Å². The van der Waals surface area contributed by atoms with Crippen molar-refractivity contribution in [3.63, 3.8) is 0 Å². The van der Waals surface area contributed by atoms with E-state index in [9.17, 15) is 4.39 Å². The molecular weight excluding hydrogens is 288 g/mol. The Morgan fingerprint density at radius 3 is 2.27 bits per heavy atom. The first-order valence-electron chi connectivity index (χ1n) is 6.94. The normalized spacial score (nSPS) is 19.6. The zero-order valence-corrected chi connectivity index (χ0v) is 12.9. The van der Waals surface area contributed by atoms with Gasteiger partial charge >= 0.3 is 13.1 Å². The molecule has 1 aliphatic rings. The Bertz CT molecular complexity index is 701. The van der Waals surface area contributed by atoms with Gasteiger partial charge in [-0.15, -0.1) is 0 Å². The topological polar surface area (TPSA) is 83.4 Å². The van der Waals surface area contributed by atoms with Crippen molar-refractivity contribution in [2.24, 2.45) is 0 Å². The van der Waals surface area contributed by atoms with E-state index in [2.05, 4.69) is 14.7 Å². The van der Waals surface area contributed by atoms with Crippen LogP contribution in [0.1, 0.15) is 27.7 Å². The van der Waals surface area contributed by atoms with Crippen molar-refractivity contribution in [3.8, 4) is 11.4 Å². The summed E-state index contributed by atoms with van der Waals surface area (Å²) in [6, 6.07) is 4.52. The minimum atomic E-state index is -0.621. The molecule has 8 heteroatoms. The number of benzene rings is 1. The van der Waals surface area contributed by atoms with Gasteiger partial charge in [0.1, 0.15) is 5.82 Å². The molecule has 6 nitrogen and oxygen atoms in total. The fourth-order valence-electron chi connectivity index (χ4n) is 2.18. The summed E-state index contributed by atoms with van der Waals surface area (Å²) in [4.78, 5) is 3.81. The molecule has 0 atom stereocenters. The van der Waals surface area contributed by atoms with Crippen molar-refractivity contribution in [2.75, 3.05) is 5.73 Å². The average Bonchev–Trinajstić information content (AvgIpc) is 2.91. The Morgan fingerprint density at radius 1 is 1.14 bits per heavy atom. The van der Waals surface area contributed by atoms with Crippen LogP contribution in [0.15, 0.2) is 22.7 Å². The summed E-state index contributed by atoms with van der Waals surface area (Å²) < 4.78 is 30.8. The van der Waals surface area contributed by atoms with E-state index in [1.54, 1.807) is 12.1 Å². The van der Waals surface area contributed by atoms with Crippen LogP contribution >= 0.6 is 0 Å². The quantitative estimate of drug-likeness (QED) is 0.851. The Labute approximate surface area is 127 Å². The Morgan fingerprint density at radius 2 is 1.77 bits per heavy atom. The second-order valence-electron chi connectivity index (χ2n) is 6.28. The molecule has 22 heavy (non-hydrogen) atoms. The smallest absolute Gasteiger partial charge is 0.399 e. The largest absolute Gasteiger partial charge is 0.494 e. The van der Waals surface area contributed by atoms with Crippen molar-refractivity contribution in [2.45, 2.75) is 38.9 Å². The Kier molecular flexibility index (Phi) is 3.26. The maximum absolute atomic E-state index is 14.3. The molecule has 0 radical (unpaired) electrons. The van der Waals surface area contributed by atoms with Gasteiger partial charge in [0.25, 0.3) is 0 Å². The van der Waals surface area contributed by atoms with Gasteiger partial charge in [0, 0.05) is 0 Å². The van der Waals surface area contributed by atoms with Crippen LogP contribution in [0, 0.1) is 5.82 Å². The molecule has 1 saturated heterocycles. The van der Waals surface area contributed by atoms with E-state index in [1.807, 2.05) is 27.7 Å². The van der Waals surface area contributed by atoms with Crippen molar-refractivity contribution in [1.29, 1.82) is 0 Å². The molecular formula is C14H17BFN3O3. The van der Waals surface area contributed by atoms with Gasteiger partial charge in [-0.2, -0.15) is 4.98 Å². The maximum atomic E-state index is 14.3. The van der Waals surface area contributed by atoms with Crippen LogP contribution in [-0.4, -0.2) is 28.5 Å². The molecule has 2 N–H and O–H groups in total. The molecule has 1 aromatic carbocycles. The van der Waals surface area contributed by atoms with E-state index < -0.39 is 24.1 Å². The fraction of sp³-hybridized carbons (Fsp3) is 0.429. The van der Waals surface area contributed by atoms with Gasteiger partial charge < -0.3 is 19.6 Å². The number of nitrogens with zero attached hydrogens (tertiary/aromatic N) is 2. The summed E-state index contributed by atoms with van der Waals surface area (Å²) >= 11 is 0. The highest BCUT2D eigenvalue weighted by Gasteiger charge is 2.51. The van der Waals surface area contributed by atoms with Crippen molar-refractivity contribution >= 4 is 18.6 Å². The van der Waals surface area contributed by atoms with Crippen LogP contribution < -0.4 is 11.2 Å². The van der Waals surface area contributed by atoms with Crippen LogP contribution in [0.4, 0.5) is 10.4 Å². The first-order valence-corrected chi connectivity index (χ1v) is 6.94. The highest BCUT2D eigenvalue weighted by Crippen LogP contribution is 2.36. The molecule has 3 rings (SSSR count). The number of halogens is 1. The third-order valence-corrected chi connectivity index (χ3v) is 4.20. The number of rotatable bonds is 2. The van der Waals surface area contributed by atoms with E-state index in [4.69, 9.17) is 15.0 Å². The lowest BCUT2D eigenvalue weighted by molar-refractivity contribution is 0.00578. The number of aromatic nitrogens is 2. The highest BCUT2D eigenvalue weighted by atomic mass is 19.1. The predicted molar refractivity (Wildman–Crippen MR) is 79.8 cm³/mol. The summed E-state index contributed by atoms with van der Waals surface area (Å²) in [6.07, 6.45) is 0. The Balaban J connectivity index is 1.90. The monoisotopic (exact) mass is 305 g/mol. The van der Waals surface area contributed by atoms with Gasteiger partial charge in [-0.25, -0.2) is 4.39 Å². The zero-order valence-electron chi connectivity index (χ0n) is 12.9. The molecule has 0 aliphatic carbocycles. The van der Waals surface area contributed by atoms with Crippen molar-refractivity contribution < 1.29 is 18.2 Å². The second-order valence-corrected chi connectivity index (χ2v) is 6.28. The number of hydrogen-bond donors (Lipinski definition) is 1. The van der Waals surface area contributed by atoms with Gasteiger partial charge in [0.2, 0.25) is 5.82 Å². The fourth-order valence-corrected chi connectivity index (χ4v) is 2.18. The summed E-state index contributed by atoms with van der Waals surface area (Å²) in [6.45, 7) is 7.78. The third-order valence-electron chi connectivity index (χ3n) is 4.20. The van der Waals surface area contributed by atoms with E-state index in [-0.39, 0.29) is 17.4 Å². The van der Waals surface area contributed by atoms with Gasteiger partial charge in [0.15, 0.2) is 0 Å². The summed E-state index contributed by atoms with van der Waals surface area (Å²) in [7, 11) is -0.621. The minimum absolute atomic E-state index is 0.107. The maximum Gasteiger partial charge on any atom is 0.494 e. The van der Waals surface area contributed by atoms with Crippen molar-refractivity contribution in [1.82, 2.24) is 10.1 Å². The Hall–Kier alpha value is -1.93. The predicted octanol–water partition coefficient (Wildman–Crippen LogP) is 1.76. The summed E-state index contributed by atoms with van der Waals surface area (Å²) in [5.41, 5.74) is 5.20. The molecule has 1 fully saturated rings. The SMILES string of the molecule is CC1(C)OB(c2ccc(-c3noc(N)n3)c(F)c2)OC1(C)C. The number of anilines is 1. The molecule has 0 unspecified atom stereocenters. The lowest BCUT2D eigenvalue weighted by Gasteiger charge is -2.32. The molecule has 0 bridgehead atoms. The molecule has 0 amide bonds. The number of nitrogen functional groups attached to an aromatic ring is 1. The number of nitrogens with two attached hydrogens (primary N) is 1. The van der Waals surface area contributed by atoms with E-state index >= 15 is 0 Å². The first-order chi connectivity index (χ1) is 10.2. The molecule has 2 aromatic rings. The first kappa shape index (κ1) is 15.0. The van der Waals surface area contributed by atoms with Crippen LogP contribution in [0.2, 0.25) is 0 Å². The van der Waals surface area contributed by atoms with Crippen molar-refractivity contribution in [3.05, 3.63) is 24.0 Å². The lowest BCUT2D eigenvalue weighted by Crippen LogP contribution is -2.41. The van der Waals surface area contributed by atoms with E-state index in [0.717, 1.165) is 0 Å². The molecule has 2 heterocycles. The minimum Gasteiger partial charge on any atom is -0.399 e. The molecule has 116 valence electrons. The number of hydrogen-bond acceptors (Lipinski definition) is 6. The molecule has 0 saturated carbocycles. The van der Waals surface area contributed by atoms with E-state index in [1.165, 1.54) is 6.07 Å². The van der Waals surface area contributed by atoms with Gasteiger partial charge in [-0.1, -0.05) is 11.2 Å². The van der Waals surface area contributed by atoms with Gasteiger partial charge in [-0.05, 0) is 45.3 Å². The lowest BCUT2D eigenvalue weighted by atomic mass is 9.78. The summed E-state index contributed by atoms with van der Waals surface area (Å²) in [5, 5.41) is 3.61. The van der Waals surface area contributed by atoms with Crippen LogP contribution in [0.25, 0.3) is 11.4 Å². The molecule has 1 aliphatic heterocycles. The molecule has 0 spiro atoms. The second kappa shape index (κ2) is 4.79. The highest BCUT2D eigenvalue weighted by molar-refractivity contribution is 6.62. The summed E-state index contributed by atoms with van der Waals surface area (Å²) in [5.74, 6) is -0.386. The van der Waals surface area contributed by atoms with Gasteiger partial charge in [0.05, 0.1) is 16.8 Å². The zero-order chi connectivity index (χ0) is 16.1.